The molecule has 11 heteroatoms. The number of thioether (sulfide) groups is 1. The monoisotopic (exact) mass is 474 g/mol. The highest BCUT2D eigenvalue weighted by Gasteiger charge is 2.36. The Morgan fingerprint density at radius 1 is 1.06 bits per heavy atom. The van der Waals surface area contributed by atoms with Crippen molar-refractivity contribution in [1.82, 2.24) is 19.9 Å². The zero-order chi connectivity index (χ0) is 22.3. The molecular weight excluding hydrogens is 461 g/mol. The van der Waals surface area contributed by atoms with Crippen LogP contribution in [0.2, 0.25) is 5.02 Å². The summed E-state index contributed by atoms with van der Waals surface area (Å²) in [6, 6.07) is 11.3. The first-order valence-electron chi connectivity index (χ1n) is 9.47. The Morgan fingerprint density at radius 2 is 1.91 bits per heavy atom. The average Bonchev–Trinajstić information content (AvgIpc) is 3.26. The van der Waals surface area contributed by atoms with Gasteiger partial charge in [-0.1, -0.05) is 47.6 Å². The minimum absolute atomic E-state index is 0.0618. The molecule has 0 radical (unpaired) electrons. The van der Waals surface area contributed by atoms with Gasteiger partial charge in [-0.25, -0.2) is 19.9 Å². The first-order chi connectivity index (χ1) is 15.4. The minimum Gasteiger partial charge on any atom is -0.341 e. The molecule has 0 saturated carbocycles. The number of anilines is 1. The lowest BCUT2D eigenvalue weighted by atomic mass is 10.0. The topological polar surface area (TPSA) is 70.1 Å². The molecule has 2 aromatic carbocycles. The Kier molecular flexibility index (Phi) is 5.26. The van der Waals surface area contributed by atoms with Crippen LogP contribution in [0.3, 0.4) is 0 Å². The number of rotatable bonds is 4. The Bertz CT molecular complexity index is 1340. The van der Waals surface area contributed by atoms with Crippen molar-refractivity contribution in [2.24, 2.45) is 4.99 Å². The molecule has 1 aliphatic heterocycles. The molecule has 0 aliphatic carbocycles. The van der Waals surface area contributed by atoms with E-state index in [1.807, 2.05) is 17.0 Å². The summed E-state index contributed by atoms with van der Waals surface area (Å²) in [6.07, 6.45) is -1.59. The number of aromatic nitrogens is 4. The van der Waals surface area contributed by atoms with Crippen LogP contribution in [-0.2, 0) is 12.7 Å². The summed E-state index contributed by atoms with van der Waals surface area (Å²) in [7, 11) is 0. The molecule has 0 unspecified atom stereocenters. The van der Waals surface area contributed by atoms with E-state index < -0.39 is 11.7 Å². The van der Waals surface area contributed by atoms with Gasteiger partial charge in [0.2, 0.25) is 0 Å². The smallest absolute Gasteiger partial charge is 0.341 e. The van der Waals surface area contributed by atoms with Gasteiger partial charge in [0.05, 0.1) is 40.6 Å². The number of imidazole rings is 1. The van der Waals surface area contributed by atoms with E-state index in [1.54, 1.807) is 18.2 Å². The van der Waals surface area contributed by atoms with Gasteiger partial charge in [0.15, 0.2) is 5.65 Å². The van der Waals surface area contributed by atoms with Crippen molar-refractivity contribution >= 4 is 51.7 Å². The maximum atomic E-state index is 13.6. The summed E-state index contributed by atoms with van der Waals surface area (Å²) >= 11 is 7.75. The van der Waals surface area contributed by atoms with Gasteiger partial charge in [0, 0.05) is 0 Å². The van der Waals surface area contributed by atoms with Gasteiger partial charge in [-0.3, -0.25) is 0 Å². The lowest BCUT2D eigenvalue weighted by molar-refractivity contribution is -0.137. The highest BCUT2D eigenvalue weighted by Crippen LogP contribution is 2.42. The molecule has 0 fully saturated rings. The fraction of sp³-hybridized carbons (Fsp3) is 0.143. The summed E-state index contributed by atoms with van der Waals surface area (Å²) in [5, 5.41) is 1.11. The third-order valence-electron chi connectivity index (χ3n) is 4.98. The predicted molar refractivity (Wildman–Crippen MR) is 119 cm³/mol. The standard InChI is InChI=1S/C21H14ClF3N6S/c22-14-6-1-2-7-15(14)31-8-12-4-3-5-13(21(23,24)25)17(12)30-16(31)9-32-20-18-19(27-10-26-18)28-11-29-20/h1-7,10-11H,8-9H2,(H,26,27,28,29). The van der Waals surface area contributed by atoms with E-state index in [-0.39, 0.29) is 18.0 Å². The van der Waals surface area contributed by atoms with Gasteiger partial charge >= 0.3 is 6.18 Å². The van der Waals surface area contributed by atoms with Crippen LogP contribution in [-0.4, -0.2) is 31.5 Å². The average molecular weight is 475 g/mol. The zero-order valence-electron chi connectivity index (χ0n) is 16.3. The number of hydrogen-bond acceptors (Lipinski definition) is 6. The molecule has 32 heavy (non-hydrogen) atoms. The van der Waals surface area contributed by atoms with Crippen molar-refractivity contribution in [2.45, 2.75) is 17.7 Å². The molecule has 0 amide bonds. The van der Waals surface area contributed by atoms with Gasteiger partial charge in [-0.15, -0.1) is 0 Å². The second-order valence-corrected chi connectivity index (χ2v) is 8.32. The number of alkyl halides is 3. The van der Waals surface area contributed by atoms with Crippen LogP contribution in [0, 0.1) is 0 Å². The molecule has 162 valence electrons. The minimum atomic E-state index is -4.51. The largest absolute Gasteiger partial charge is 0.418 e. The summed E-state index contributed by atoms with van der Waals surface area (Å²) in [5.41, 5.74) is 1.51. The maximum absolute atomic E-state index is 13.6. The van der Waals surface area contributed by atoms with Crippen LogP contribution < -0.4 is 4.90 Å². The molecule has 0 saturated heterocycles. The normalized spacial score (nSPS) is 13.9. The molecule has 2 aromatic heterocycles. The van der Waals surface area contributed by atoms with Crippen LogP contribution in [0.1, 0.15) is 11.1 Å². The van der Waals surface area contributed by atoms with Gasteiger partial charge in [-0.05, 0) is 23.8 Å². The van der Waals surface area contributed by atoms with Crippen LogP contribution in [0.4, 0.5) is 24.5 Å². The molecule has 1 N–H and O–H groups in total. The second kappa shape index (κ2) is 8.10. The fourth-order valence-electron chi connectivity index (χ4n) is 3.52. The van der Waals surface area contributed by atoms with E-state index in [0.717, 1.165) is 6.07 Å². The number of amidine groups is 1. The third-order valence-corrected chi connectivity index (χ3v) is 6.28. The Balaban J connectivity index is 1.58. The first kappa shape index (κ1) is 20.8. The van der Waals surface area contributed by atoms with Gasteiger partial charge in [0.1, 0.15) is 22.7 Å². The van der Waals surface area contributed by atoms with E-state index in [9.17, 15) is 13.2 Å². The number of halogens is 4. The number of hydrogen-bond donors (Lipinski definition) is 1. The van der Waals surface area contributed by atoms with E-state index in [4.69, 9.17) is 11.6 Å². The number of fused-ring (bicyclic) bond motifs is 2. The number of nitrogens with zero attached hydrogens (tertiary/aromatic N) is 5. The number of aliphatic imine (C=N–C) groups is 1. The predicted octanol–water partition coefficient (Wildman–Crippen LogP) is 5.87. The van der Waals surface area contributed by atoms with Gasteiger partial charge < -0.3 is 9.88 Å². The quantitative estimate of drug-likeness (QED) is 0.296. The Labute approximate surface area is 189 Å². The summed E-state index contributed by atoms with van der Waals surface area (Å²) in [6.45, 7) is 0.214. The Hall–Kier alpha value is -3.11. The molecular formula is C21H14ClF3N6S. The van der Waals surface area contributed by atoms with E-state index >= 15 is 0 Å². The Morgan fingerprint density at radius 3 is 2.72 bits per heavy atom. The maximum Gasteiger partial charge on any atom is 0.418 e. The summed E-state index contributed by atoms with van der Waals surface area (Å²) < 4.78 is 40.9. The molecule has 5 rings (SSSR count). The number of para-hydroxylation sites is 2. The van der Waals surface area contributed by atoms with Crippen molar-refractivity contribution < 1.29 is 13.2 Å². The van der Waals surface area contributed by atoms with E-state index in [1.165, 1.54) is 30.5 Å². The van der Waals surface area contributed by atoms with Crippen molar-refractivity contribution in [1.29, 1.82) is 0 Å². The van der Waals surface area contributed by atoms with Crippen LogP contribution in [0.25, 0.3) is 11.2 Å². The van der Waals surface area contributed by atoms with Gasteiger partial charge in [-0.2, -0.15) is 13.2 Å². The lowest BCUT2D eigenvalue weighted by Crippen LogP contribution is -2.35. The zero-order valence-corrected chi connectivity index (χ0v) is 17.8. The van der Waals surface area contributed by atoms with E-state index in [2.05, 4.69) is 24.9 Å². The van der Waals surface area contributed by atoms with Crippen molar-refractivity contribution in [2.75, 3.05) is 10.7 Å². The fourth-order valence-corrected chi connectivity index (χ4v) is 4.66. The second-order valence-electron chi connectivity index (χ2n) is 6.95. The number of nitrogens with one attached hydrogen (secondary N) is 1. The van der Waals surface area contributed by atoms with Crippen molar-refractivity contribution in [3.05, 3.63) is 71.3 Å². The first-order valence-corrected chi connectivity index (χ1v) is 10.8. The van der Waals surface area contributed by atoms with Crippen LogP contribution in [0.5, 0.6) is 0 Å². The molecule has 3 heterocycles. The highest BCUT2D eigenvalue weighted by molar-refractivity contribution is 8.00. The summed E-state index contributed by atoms with van der Waals surface area (Å²) in [4.78, 5) is 21.8. The van der Waals surface area contributed by atoms with E-state index in [0.29, 0.717) is 38.3 Å². The number of aromatic amines is 1. The van der Waals surface area contributed by atoms with Crippen LogP contribution >= 0.6 is 23.4 Å². The molecule has 1 aliphatic rings. The van der Waals surface area contributed by atoms with Crippen molar-refractivity contribution in [3.8, 4) is 0 Å². The number of H-pyrrole nitrogens is 1. The lowest BCUT2D eigenvalue weighted by Gasteiger charge is -2.32. The molecule has 6 nitrogen and oxygen atoms in total. The summed E-state index contributed by atoms with van der Waals surface area (Å²) in [5.74, 6) is 0.709. The van der Waals surface area contributed by atoms with Crippen molar-refractivity contribution in [3.63, 3.8) is 0 Å². The molecule has 0 bridgehead atoms. The number of benzene rings is 2. The highest BCUT2D eigenvalue weighted by atomic mass is 35.5. The van der Waals surface area contributed by atoms with Gasteiger partial charge in [0.25, 0.3) is 0 Å². The molecule has 0 atom stereocenters. The van der Waals surface area contributed by atoms with Crippen LogP contribution in [0.15, 0.2) is 65.1 Å². The molecule has 4 aromatic rings. The molecule has 0 spiro atoms. The third kappa shape index (κ3) is 3.80. The SMILES string of the molecule is FC(F)(F)c1cccc2c1N=C(CSc1ncnc3nc[nH]c13)N(c1ccccc1Cl)C2.